The number of nitrogens with zero attached hydrogens (tertiary/aromatic N) is 4. The lowest BCUT2D eigenvalue weighted by molar-refractivity contribution is 0.380. The molecule has 0 atom stereocenters. The second-order valence-corrected chi connectivity index (χ2v) is 7.01. The molecule has 1 aliphatic carbocycles. The molecule has 1 fully saturated rings. The minimum absolute atomic E-state index is 0.0186. The molecule has 1 aliphatic rings. The van der Waals surface area contributed by atoms with Crippen LogP contribution in [0.1, 0.15) is 49.9 Å². The van der Waals surface area contributed by atoms with Crippen molar-refractivity contribution in [3.8, 4) is 0 Å². The summed E-state index contributed by atoms with van der Waals surface area (Å²) in [7, 11) is -2.04. The Hall–Kier alpha value is -1.90. The number of aryl methyl sites for hydroxylation is 2. The summed E-state index contributed by atoms with van der Waals surface area (Å²) in [5.41, 5.74) is 1.20. The molecule has 0 saturated heterocycles. The van der Waals surface area contributed by atoms with Crippen molar-refractivity contribution >= 4 is 16.0 Å². The van der Waals surface area contributed by atoms with E-state index >= 15 is 0 Å². The van der Waals surface area contributed by atoms with Crippen LogP contribution in [0.4, 0.5) is 5.95 Å². The second kappa shape index (κ2) is 5.38. The van der Waals surface area contributed by atoms with Crippen LogP contribution in [0.5, 0.6) is 0 Å². The van der Waals surface area contributed by atoms with Crippen LogP contribution in [0, 0.1) is 0 Å². The van der Waals surface area contributed by atoms with E-state index in [1.165, 1.54) is 0 Å². The van der Waals surface area contributed by atoms with Gasteiger partial charge in [0.25, 0.3) is 16.0 Å². The van der Waals surface area contributed by atoms with Crippen LogP contribution in [0.15, 0.2) is 9.42 Å². The zero-order valence-electron chi connectivity index (χ0n) is 12.8. The first-order valence-corrected chi connectivity index (χ1v) is 8.85. The van der Waals surface area contributed by atoms with Crippen LogP contribution in [-0.2, 0) is 29.9 Å². The number of anilines is 1. The topological polar surface area (TPSA) is 103 Å². The van der Waals surface area contributed by atoms with Crippen LogP contribution in [0.3, 0.4) is 0 Å². The molecule has 0 radical (unpaired) electrons. The van der Waals surface area contributed by atoms with Gasteiger partial charge in [-0.3, -0.25) is 4.68 Å². The van der Waals surface area contributed by atoms with Crippen molar-refractivity contribution in [2.24, 2.45) is 7.05 Å². The summed E-state index contributed by atoms with van der Waals surface area (Å²) in [5, 5.41) is 7.99. The lowest BCUT2D eigenvalue weighted by atomic mass is 10.2. The molecule has 0 unspecified atom stereocenters. The monoisotopic (exact) mass is 325 g/mol. The highest BCUT2D eigenvalue weighted by atomic mass is 32.2. The third-order valence-electron chi connectivity index (χ3n) is 3.72. The molecular weight excluding hydrogens is 306 g/mol. The average molecular weight is 325 g/mol. The van der Waals surface area contributed by atoms with Gasteiger partial charge in [0.2, 0.25) is 5.89 Å². The van der Waals surface area contributed by atoms with Gasteiger partial charge in [0.05, 0.1) is 11.4 Å². The minimum Gasteiger partial charge on any atom is -0.337 e. The van der Waals surface area contributed by atoms with Crippen LogP contribution in [-0.4, -0.2) is 28.3 Å². The molecular formula is C13H19N5O3S. The van der Waals surface area contributed by atoms with Crippen molar-refractivity contribution in [2.75, 3.05) is 4.72 Å². The van der Waals surface area contributed by atoms with E-state index in [-0.39, 0.29) is 16.8 Å². The summed E-state index contributed by atoms with van der Waals surface area (Å²) in [4.78, 5) is 4.33. The molecule has 0 aliphatic heterocycles. The number of hydrogen-bond acceptors (Lipinski definition) is 6. The first-order chi connectivity index (χ1) is 10.5. The number of aromatic nitrogens is 4. The molecule has 2 aromatic rings. The van der Waals surface area contributed by atoms with Crippen LogP contribution in [0.25, 0.3) is 0 Å². The van der Waals surface area contributed by atoms with Crippen LogP contribution < -0.4 is 4.72 Å². The van der Waals surface area contributed by atoms with E-state index in [2.05, 4.69) is 20.0 Å². The third-order valence-corrected chi connectivity index (χ3v) is 5.18. The minimum atomic E-state index is -3.79. The molecule has 1 saturated carbocycles. The molecule has 0 spiro atoms. The molecule has 120 valence electrons. The van der Waals surface area contributed by atoms with Gasteiger partial charge in [-0.1, -0.05) is 13.8 Å². The first kappa shape index (κ1) is 15.0. The van der Waals surface area contributed by atoms with Gasteiger partial charge in [0.1, 0.15) is 4.90 Å². The van der Waals surface area contributed by atoms with Gasteiger partial charge in [-0.15, -0.1) is 0 Å². The van der Waals surface area contributed by atoms with Gasteiger partial charge in [-0.2, -0.15) is 10.1 Å². The van der Waals surface area contributed by atoms with Gasteiger partial charge in [0, 0.05) is 13.0 Å². The Bertz CT molecular complexity index is 789. The van der Waals surface area contributed by atoms with Gasteiger partial charge < -0.3 is 4.52 Å². The Morgan fingerprint density at radius 1 is 1.32 bits per heavy atom. The Morgan fingerprint density at radius 3 is 2.64 bits per heavy atom. The molecule has 3 rings (SSSR count). The van der Waals surface area contributed by atoms with E-state index in [1.54, 1.807) is 11.7 Å². The maximum Gasteiger partial charge on any atom is 0.277 e. The fourth-order valence-electron chi connectivity index (χ4n) is 2.48. The van der Waals surface area contributed by atoms with Crippen molar-refractivity contribution in [1.82, 2.24) is 19.9 Å². The van der Waals surface area contributed by atoms with E-state index in [0.717, 1.165) is 12.8 Å². The Labute approximate surface area is 129 Å². The normalized spacial score (nSPS) is 15.2. The van der Waals surface area contributed by atoms with Crippen molar-refractivity contribution in [1.29, 1.82) is 0 Å². The largest absolute Gasteiger partial charge is 0.337 e. The standard InChI is InChI=1S/C13H19N5O3S/c1-4-9-11(10(5-2)18(3)15-9)22(19,20)17-13-14-12(21-16-13)8-6-7-8/h8H,4-7H2,1-3H3,(H,16,17). The van der Waals surface area contributed by atoms with Gasteiger partial charge in [-0.25, -0.2) is 13.1 Å². The smallest absolute Gasteiger partial charge is 0.277 e. The number of nitrogens with one attached hydrogen (secondary N) is 1. The summed E-state index contributed by atoms with van der Waals surface area (Å²) in [5.74, 6) is 0.756. The fraction of sp³-hybridized carbons (Fsp3) is 0.615. The van der Waals surface area contributed by atoms with Gasteiger partial charge in [0.15, 0.2) is 0 Å². The molecule has 8 nitrogen and oxygen atoms in total. The van der Waals surface area contributed by atoms with E-state index in [0.29, 0.717) is 30.1 Å². The van der Waals surface area contributed by atoms with Gasteiger partial charge >= 0.3 is 0 Å². The highest BCUT2D eigenvalue weighted by Gasteiger charge is 2.31. The molecule has 1 N–H and O–H groups in total. The number of hydrogen-bond donors (Lipinski definition) is 1. The SMILES string of the molecule is CCc1nn(C)c(CC)c1S(=O)(=O)Nc1noc(C2CC2)n1. The molecule has 0 bridgehead atoms. The molecule has 2 heterocycles. The van der Waals surface area contributed by atoms with E-state index < -0.39 is 10.0 Å². The summed E-state index contributed by atoms with van der Waals surface area (Å²) in [6, 6.07) is 0. The Morgan fingerprint density at radius 2 is 2.05 bits per heavy atom. The highest BCUT2D eigenvalue weighted by molar-refractivity contribution is 7.92. The molecule has 2 aromatic heterocycles. The maximum atomic E-state index is 12.7. The number of sulfonamides is 1. The second-order valence-electron chi connectivity index (χ2n) is 5.39. The van der Waals surface area contributed by atoms with E-state index in [4.69, 9.17) is 4.52 Å². The molecule has 0 aromatic carbocycles. The maximum absolute atomic E-state index is 12.7. The molecule has 9 heteroatoms. The predicted octanol–water partition coefficient (Wildman–Crippen LogP) is 1.61. The zero-order chi connectivity index (χ0) is 15.9. The highest BCUT2D eigenvalue weighted by Crippen LogP contribution is 2.39. The first-order valence-electron chi connectivity index (χ1n) is 7.37. The van der Waals surface area contributed by atoms with Gasteiger partial charge in [-0.05, 0) is 30.8 Å². The summed E-state index contributed by atoms with van der Waals surface area (Å²) in [6.07, 6.45) is 3.12. The van der Waals surface area contributed by atoms with Crippen LogP contribution >= 0.6 is 0 Å². The predicted molar refractivity (Wildman–Crippen MR) is 79.0 cm³/mol. The quantitative estimate of drug-likeness (QED) is 0.865. The lowest BCUT2D eigenvalue weighted by Crippen LogP contribution is -2.17. The van der Waals surface area contributed by atoms with Crippen LogP contribution in [0.2, 0.25) is 0 Å². The third kappa shape index (κ3) is 2.60. The van der Waals surface area contributed by atoms with Crippen molar-refractivity contribution in [2.45, 2.75) is 50.3 Å². The number of rotatable bonds is 6. The molecule has 22 heavy (non-hydrogen) atoms. The summed E-state index contributed by atoms with van der Waals surface area (Å²) >= 11 is 0. The molecule has 0 amide bonds. The average Bonchev–Trinajstić information content (AvgIpc) is 3.13. The zero-order valence-corrected chi connectivity index (χ0v) is 13.6. The Balaban J connectivity index is 1.94. The lowest BCUT2D eigenvalue weighted by Gasteiger charge is -2.06. The van der Waals surface area contributed by atoms with Crippen molar-refractivity contribution in [3.63, 3.8) is 0 Å². The van der Waals surface area contributed by atoms with Crippen molar-refractivity contribution < 1.29 is 12.9 Å². The summed E-state index contributed by atoms with van der Waals surface area (Å²) < 4.78 is 34.5. The Kier molecular flexibility index (Phi) is 3.67. The fourth-order valence-corrected chi connectivity index (χ4v) is 3.98. The van der Waals surface area contributed by atoms with Crippen molar-refractivity contribution in [3.05, 3.63) is 17.3 Å². The van der Waals surface area contributed by atoms with E-state index in [9.17, 15) is 8.42 Å². The van der Waals surface area contributed by atoms with E-state index in [1.807, 2.05) is 13.8 Å². The summed E-state index contributed by atoms with van der Waals surface area (Å²) in [6.45, 7) is 3.77.